The van der Waals surface area contributed by atoms with Gasteiger partial charge in [-0.1, -0.05) is 18.0 Å². The molecule has 0 unspecified atom stereocenters. The molecule has 1 atom stereocenters. The first-order valence-electron chi connectivity index (χ1n) is 8.77. The Morgan fingerprint density at radius 2 is 1.96 bits per heavy atom. The second kappa shape index (κ2) is 5.98. The summed E-state index contributed by atoms with van der Waals surface area (Å²) >= 11 is 0. The highest BCUT2D eigenvalue weighted by molar-refractivity contribution is 5.92. The summed E-state index contributed by atoms with van der Waals surface area (Å²) in [6, 6.07) is 1.78. The molecule has 1 aliphatic heterocycles. The van der Waals surface area contributed by atoms with E-state index >= 15 is 0 Å². The lowest BCUT2D eigenvalue weighted by Crippen LogP contribution is -2.40. The van der Waals surface area contributed by atoms with Crippen LogP contribution in [0.15, 0.2) is 10.6 Å². The number of likely N-dealkylation sites (tertiary alicyclic amines) is 1. The van der Waals surface area contributed by atoms with Crippen molar-refractivity contribution in [2.45, 2.75) is 56.9 Å². The van der Waals surface area contributed by atoms with Gasteiger partial charge in [0.15, 0.2) is 5.69 Å². The van der Waals surface area contributed by atoms with Gasteiger partial charge in [-0.25, -0.2) is 0 Å². The summed E-state index contributed by atoms with van der Waals surface area (Å²) < 4.78 is 5.23. The second-order valence-electron chi connectivity index (χ2n) is 7.11. The van der Waals surface area contributed by atoms with Crippen LogP contribution in [0.1, 0.15) is 67.1 Å². The third-order valence-electron chi connectivity index (χ3n) is 5.28. The Morgan fingerprint density at radius 3 is 2.70 bits per heavy atom. The normalized spacial score (nSPS) is 25.0. The number of rotatable bonds is 4. The quantitative estimate of drug-likeness (QED) is 0.922. The largest absolute Gasteiger partial charge is 0.360 e. The minimum atomic E-state index is -0.194. The molecule has 1 aromatic rings. The van der Waals surface area contributed by atoms with Gasteiger partial charge in [-0.15, -0.1) is 0 Å². The first kappa shape index (κ1) is 14.7. The van der Waals surface area contributed by atoms with E-state index in [4.69, 9.17) is 4.52 Å². The number of carbonyl (C=O) groups excluding carboxylic acids is 2. The van der Waals surface area contributed by atoms with Crippen LogP contribution >= 0.6 is 0 Å². The Morgan fingerprint density at radius 1 is 1.17 bits per heavy atom. The third kappa shape index (κ3) is 3.12. The van der Waals surface area contributed by atoms with Crippen molar-refractivity contribution in [2.24, 2.45) is 5.92 Å². The SMILES string of the molecule is O=C(N[C@H]1CCN(C(=O)C2CCCC2)C1)c1cc(C2CC2)on1. The molecule has 2 saturated carbocycles. The van der Waals surface area contributed by atoms with Crippen LogP contribution in [0, 0.1) is 5.92 Å². The molecule has 3 fully saturated rings. The van der Waals surface area contributed by atoms with Crippen LogP contribution in [0.5, 0.6) is 0 Å². The molecular formula is C17H23N3O3. The molecule has 2 amide bonds. The molecule has 23 heavy (non-hydrogen) atoms. The van der Waals surface area contributed by atoms with Crippen LogP contribution in [0.3, 0.4) is 0 Å². The van der Waals surface area contributed by atoms with Gasteiger partial charge in [0.1, 0.15) is 5.76 Å². The average Bonchev–Trinajstić information content (AvgIpc) is 3.04. The van der Waals surface area contributed by atoms with Crippen LogP contribution < -0.4 is 5.32 Å². The van der Waals surface area contributed by atoms with Crippen molar-refractivity contribution in [3.05, 3.63) is 17.5 Å². The number of hydrogen-bond donors (Lipinski definition) is 1. The highest BCUT2D eigenvalue weighted by atomic mass is 16.5. The number of amides is 2. The molecule has 2 heterocycles. The van der Waals surface area contributed by atoms with Crippen molar-refractivity contribution >= 4 is 11.8 Å². The van der Waals surface area contributed by atoms with E-state index < -0.39 is 0 Å². The first-order valence-corrected chi connectivity index (χ1v) is 8.77. The van der Waals surface area contributed by atoms with Gasteiger partial charge in [-0.3, -0.25) is 9.59 Å². The van der Waals surface area contributed by atoms with Crippen molar-refractivity contribution in [1.29, 1.82) is 0 Å². The Labute approximate surface area is 135 Å². The van der Waals surface area contributed by atoms with Gasteiger partial charge in [0.05, 0.1) is 0 Å². The Hall–Kier alpha value is -1.85. The van der Waals surface area contributed by atoms with Gasteiger partial charge in [-0.05, 0) is 32.1 Å². The second-order valence-corrected chi connectivity index (χ2v) is 7.11. The van der Waals surface area contributed by atoms with Crippen molar-refractivity contribution in [3.63, 3.8) is 0 Å². The lowest BCUT2D eigenvalue weighted by Gasteiger charge is -2.20. The summed E-state index contributed by atoms with van der Waals surface area (Å²) in [7, 11) is 0. The third-order valence-corrected chi connectivity index (χ3v) is 5.28. The Kier molecular flexibility index (Phi) is 3.83. The topological polar surface area (TPSA) is 75.4 Å². The van der Waals surface area contributed by atoms with Crippen LogP contribution in [0.4, 0.5) is 0 Å². The molecule has 0 bridgehead atoms. The molecule has 1 aromatic heterocycles. The standard InChI is InChI=1S/C17H23N3O3/c21-16(14-9-15(23-19-14)11-5-6-11)18-13-7-8-20(10-13)17(22)12-3-1-2-4-12/h9,11-13H,1-8,10H2,(H,18,21)/t13-/m0/s1. The minimum absolute atomic E-state index is 0.0222. The Bertz CT molecular complexity index is 602. The summed E-state index contributed by atoms with van der Waals surface area (Å²) in [5, 5.41) is 6.86. The monoisotopic (exact) mass is 317 g/mol. The highest BCUT2D eigenvalue weighted by Gasteiger charge is 2.33. The zero-order chi connectivity index (χ0) is 15.8. The Balaban J connectivity index is 1.30. The minimum Gasteiger partial charge on any atom is -0.360 e. The summed E-state index contributed by atoms with van der Waals surface area (Å²) in [4.78, 5) is 26.6. The van der Waals surface area contributed by atoms with Crippen molar-refractivity contribution in [1.82, 2.24) is 15.4 Å². The molecule has 1 N–H and O–H groups in total. The zero-order valence-electron chi connectivity index (χ0n) is 13.3. The maximum atomic E-state index is 12.4. The van der Waals surface area contributed by atoms with Gasteiger partial charge in [0.25, 0.3) is 5.91 Å². The van der Waals surface area contributed by atoms with E-state index in [1.807, 2.05) is 4.90 Å². The number of nitrogens with zero attached hydrogens (tertiary/aromatic N) is 2. The lowest BCUT2D eigenvalue weighted by atomic mass is 10.1. The molecule has 3 aliphatic rings. The van der Waals surface area contributed by atoms with Crippen LogP contribution in [0.25, 0.3) is 0 Å². The fraction of sp³-hybridized carbons (Fsp3) is 0.706. The summed E-state index contributed by atoms with van der Waals surface area (Å²) in [5.41, 5.74) is 0.354. The molecule has 124 valence electrons. The van der Waals surface area contributed by atoms with Crippen LogP contribution in [-0.2, 0) is 4.79 Å². The van der Waals surface area contributed by atoms with Gasteiger partial charge in [0.2, 0.25) is 5.91 Å². The van der Waals surface area contributed by atoms with E-state index in [1.54, 1.807) is 6.07 Å². The maximum Gasteiger partial charge on any atom is 0.273 e. The number of hydrogen-bond acceptors (Lipinski definition) is 4. The molecule has 4 rings (SSSR count). The molecule has 0 spiro atoms. The van der Waals surface area contributed by atoms with Crippen LogP contribution in [0.2, 0.25) is 0 Å². The molecular weight excluding hydrogens is 294 g/mol. The predicted molar refractivity (Wildman–Crippen MR) is 82.9 cm³/mol. The van der Waals surface area contributed by atoms with E-state index in [-0.39, 0.29) is 23.8 Å². The van der Waals surface area contributed by atoms with Gasteiger partial charge < -0.3 is 14.7 Å². The zero-order valence-corrected chi connectivity index (χ0v) is 13.3. The summed E-state index contributed by atoms with van der Waals surface area (Å²) in [5.74, 6) is 1.56. The lowest BCUT2D eigenvalue weighted by molar-refractivity contribution is -0.134. The van der Waals surface area contributed by atoms with Gasteiger partial charge in [0, 0.05) is 37.0 Å². The summed E-state index contributed by atoms with van der Waals surface area (Å²) in [6.45, 7) is 1.36. The van der Waals surface area contributed by atoms with E-state index in [0.29, 0.717) is 18.2 Å². The van der Waals surface area contributed by atoms with Crippen molar-refractivity contribution < 1.29 is 14.1 Å². The van der Waals surface area contributed by atoms with Gasteiger partial charge in [-0.2, -0.15) is 0 Å². The van der Waals surface area contributed by atoms with E-state index in [9.17, 15) is 9.59 Å². The van der Waals surface area contributed by atoms with Crippen LogP contribution in [-0.4, -0.2) is 41.0 Å². The van der Waals surface area contributed by atoms with Crippen molar-refractivity contribution in [2.75, 3.05) is 13.1 Å². The number of nitrogens with one attached hydrogen (secondary N) is 1. The summed E-state index contributed by atoms with van der Waals surface area (Å²) in [6.07, 6.45) is 7.44. The van der Waals surface area contributed by atoms with E-state index in [2.05, 4.69) is 10.5 Å². The smallest absolute Gasteiger partial charge is 0.273 e. The number of aromatic nitrogens is 1. The fourth-order valence-corrected chi connectivity index (χ4v) is 3.73. The molecule has 1 saturated heterocycles. The molecule has 0 radical (unpaired) electrons. The van der Waals surface area contributed by atoms with Crippen molar-refractivity contribution in [3.8, 4) is 0 Å². The highest BCUT2D eigenvalue weighted by Crippen LogP contribution is 2.40. The fourth-order valence-electron chi connectivity index (χ4n) is 3.73. The average molecular weight is 317 g/mol. The molecule has 6 heteroatoms. The van der Waals surface area contributed by atoms with E-state index in [1.165, 1.54) is 12.8 Å². The predicted octanol–water partition coefficient (Wildman–Crippen LogP) is 2.07. The van der Waals surface area contributed by atoms with E-state index in [0.717, 1.165) is 44.4 Å². The molecule has 0 aromatic carbocycles. The van der Waals surface area contributed by atoms with Gasteiger partial charge >= 0.3 is 0 Å². The number of carbonyl (C=O) groups is 2. The molecule has 2 aliphatic carbocycles. The molecule has 6 nitrogen and oxygen atoms in total. The maximum absolute atomic E-state index is 12.4. The first-order chi connectivity index (χ1) is 11.2.